The van der Waals surface area contributed by atoms with Gasteiger partial charge in [-0.25, -0.2) is 9.78 Å². The lowest BCUT2D eigenvalue weighted by atomic mass is 9.70. The van der Waals surface area contributed by atoms with E-state index >= 15 is 0 Å². The molecule has 2 aromatic carbocycles. The quantitative estimate of drug-likeness (QED) is 0.491. The van der Waals surface area contributed by atoms with E-state index in [0.717, 1.165) is 35.7 Å². The number of benzene rings is 2. The van der Waals surface area contributed by atoms with Crippen LogP contribution in [0, 0.1) is 11.3 Å². The molecule has 1 heterocycles. The van der Waals surface area contributed by atoms with Crippen LogP contribution in [0.4, 0.5) is 11.6 Å². The number of anilines is 2. The molecule has 1 aliphatic rings. The summed E-state index contributed by atoms with van der Waals surface area (Å²) in [5, 5.41) is 12.9. The molecule has 1 aromatic heterocycles. The summed E-state index contributed by atoms with van der Waals surface area (Å²) in [6.45, 7) is 9.57. The third kappa shape index (κ3) is 4.53. The number of carboxylic acids is 1. The second kappa shape index (κ2) is 8.25. The van der Waals surface area contributed by atoms with Gasteiger partial charge in [0.1, 0.15) is 5.75 Å². The van der Waals surface area contributed by atoms with Crippen LogP contribution in [-0.2, 0) is 0 Å². The summed E-state index contributed by atoms with van der Waals surface area (Å²) in [4.78, 5) is 16.3. The van der Waals surface area contributed by atoms with Crippen LogP contribution in [0.25, 0.3) is 11.0 Å². The highest BCUT2D eigenvalue weighted by Gasteiger charge is 2.34. The van der Waals surface area contributed by atoms with E-state index in [1.807, 2.05) is 37.3 Å². The molecule has 0 aliphatic heterocycles. The summed E-state index contributed by atoms with van der Waals surface area (Å²) in [5.74, 6) is 1.25. The lowest BCUT2D eigenvalue weighted by Gasteiger charge is -2.40. The first-order chi connectivity index (χ1) is 14.8. The molecule has 1 saturated carbocycles. The molecule has 2 N–H and O–H groups in total. The van der Waals surface area contributed by atoms with E-state index in [-0.39, 0.29) is 11.0 Å². The molecule has 0 radical (unpaired) electrons. The number of imidazole rings is 1. The first kappa shape index (κ1) is 21.2. The molecule has 6 heteroatoms. The van der Waals surface area contributed by atoms with Gasteiger partial charge in [-0.05, 0) is 80.0 Å². The van der Waals surface area contributed by atoms with Gasteiger partial charge in [-0.1, -0.05) is 20.8 Å². The van der Waals surface area contributed by atoms with Gasteiger partial charge in [-0.15, -0.1) is 0 Å². The van der Waals surface area contributed by atoms with E-state index in [9.17, 15) is 9.90 Å². The summed E-state index contributed by atoms with van der Waals surface area (Å²) in [6, 6.07) is 13.3. The van der Waals surface area contributed by atoms with E-state index in [2.05, 4.69) is 30.7 Å². The van der Waals surface area contributed by atoms with Gasteiger partial charge in [0.05, 0.1) is 23.2 Å². The molecular weight excluding hydrogens is 390 g/mol. The molecule has 1 fully saturated rings. The minimum Gasteiger partial charge on any atom is -0.494 e. The maximum atomic E-state index is 11.5. The number of hydrogen-bond acceptors (Lipinski definition) is 4. The second-order valence-electron chi connectivity index (χ2n) is 9.46. The van der Waals surface area contributed by atoms with Gasteiger partial charge in [0.15, 0.2) is 0 Å². The molecule has 1 unspecified atom stereocenters. The number of fused-ring (bicyclic) bond motifs is 1. The average Bonchev–Trinajstić information content (AvgIpc) is 3.05. The number of aromatic carboxylic acids is 1. The Hall–Kier alpha value is -3.02. The SMILES string of the molecule is CCOc1ccc(Nc2nc3cc(C(=O)O)ccc3n2C2C[C@@H](C)CC(C)(C)C2)cc1. The van der Waals surface area contributed by atoms with Crippen LogP contribution < -0.4 is 10.1 Å². The number of nitrogens with zero attached hydrogens (tertiary/aromatic N) is 2. The van der Waals surface area contributed by atoms with Crippen molar-refractivity contribution in [2.45, 2.75) is 53.0 Å². The molecule has 3 aromatic rings. The van der Waals surface area contributed by atoms with Crippen molar-refractivity contribution in [3.63, 3.8) is 0 Å². The molecule has 6 nitrogen and oxygen atoms in total. The zero-order valence-electron chi connectivity index (χ0n) is 18.7. The van der Waals surface area contributed by atoms with Gasteiger partial charge >= 0.3 is 5.97 Å². The first-order valence-corrected chi connectivity index (χ1v) is 11.0. The Balaban J connectivity index is 1.77. The third-order valence-corrected chi connectivity index (χ3v) is 6.09. The average molecular weight is 422 g/mol. The highest BCUT2D eigenvalue weighted by molar-refractivity contribution is 5.93. The van der Waals surface area contributed by atoms with Crippen molar-refractivity contribution in [3.05, 3.63) is 48.0 Å². The maximum Gasteiger partial charge on any atom is 0.335 e. The highest BCUT2D eigenvalue weighted by Crippen LogP contribution is 2.46. The van der Waals surface area contributed by atoms with Crippen LogP contribution >= 0.6 is 0 Å². The van der Waals surface area contributed by atoms with Crippen molar-refractivity contribution in [1.82, 2.24) is 9.55 Å². The van der Waals surface area contributed by atoms with Crippen LogP contribution in [0.5, 0.6) is 5.75 Å². The van der Waals surface area contributed by atoms with Crippen molar-refractivity contribution in [2.24, 2.45) is 11.3 Å². The van der Waals surface area contributed by atoms with E-state index in [1.54, 1.807) is 12.1 Å². The Kier molecular flexibility index (Phi) is 5.65. The van der Waals surface area contributed by atoms with Crippen molar-refractivity contribution < 1.29 is 14.6 Å². The molecule has 0 bridgehead atoms. The third-order valence-electron chi connectivity index (χ3n) is 6.09. The molecule has 164 valence electrons. The van der Waals surface area contributed by atoms with Crippen LogP contribution in [0.1, 0.15) is 63.4 Å². The summed E-state index contributed by atoms with van der Waals surface area (Å²) < 4.78 is 7.82. The minimum absolute atomic E-state index is 0.246. The lowest BCUT2D eigenvalue weighted by molar-refractivity contribution is 0.0697. The number of carbonyl (C=O) groups is 1. The number of nitrogens with one attached hydrogen (secondary N) is 1. The fourth-order valence-corrected chi connectivity index (χ4v) is 5.11. The van der Waals surface area contributed by atoms with Gasteiger partial charge in [-0.3, -0.25) is 0 Å². The standard InChI is InChI=1S/C25H31N3O3/c1-5-31-20-9-7-18(8-10-20)26-24-27-21-13-17(23(29)30)6-11-22(21)28(24)19-12-16(2)14-25(3,4)15-19/h6-11,13,16,19H,5,12,14-15H2,1-4H3,(H,26,27)(H,29,30)/t16-,19?/m1/s1. The normalized spacial score (nSPS) is 20.5. The number of hydrogen-bond donors (Lipinski definition) is 2. The molecule has 0 saturated heterocycles. The van der Waals surface area contributed by atoms with Crippen LogP contribution in [-0.4, -0.2) is 27.2 Å². The van der Waals surface area contributed by atoms with Crippen molar-refractivity contribution in [1.29, 1.82) is 0 Å². The Bertz CT molecular complexity index is 1090. The topological polar surface area (TPSA) is 76.4 Å². The van der Waals surface area contributed by atoms with Gasteiger partial charge in [-0.2, -0.15) is 0 Å². The number of carboxylic acid groups (broad SMARTS) is 1. The molecule has 0 amide bonds. The molecule has 2 atom stereocenters. The Morgan fingerprint density at radius 3 is 2.61 bits per heavy atom. The van der Waals surface area contributed by atoms with Gasteiger partial charge in [0, 0.05) is 11.7 Å². The predicted molar refractivity (Wildman–Crippen MR) is 123 cm³/mol. The number of ether oxygens (including phenoxy) is 1. The zero-order chi connectivity index (χ0) is 22.2. The minimum atomic E-state index is -0.940. The second-order valence-corrected chi connectivity index (χ2v) is 9.46. The molecule has 1 aliphatic carbocycles. The highest BCUT2D eigenvalue weighted by atomic mass is 16.5. The van der Waals surface area contributed by atoms with Crippen LogP contribution in [0.2, 0.25) is 0 Å². The van der Waals surface area contributed by atoms with Gasteiger partial charge in [0.2, 0.25) is 5.95 Å². The summed E-state index contributed by atoms with van der Waals surface area (Å²) >= 11 is 0. The van der Waals surface area contributed by atoms with Crippen molar-refractivity contribution >= 4 is 28.6 Å². The summed E-state index contributed by atoms with van der Waals surface area (Å²) in [6.07, 6.45) is 3.34. The predicted octanol–water partition coefficient (Wildman–Crippen LogP) is 6.26. The smallest absolute Gasteiger partial charge is 0.335 e. The van der Waals surface area contributed by atoms with E-state index in [1.165, 1.54) is 6.42 Å². The Labute approximate surface area is 183 Å². The Morgan fingerprint density at radius 2 is 1.97 bits per heavy atom. The van der Waals surface area contributed by atoms with E-state index < -0.39 is 5.97 Å². The molecular formula is C25H31N3O3. The summed E-state index contributed by atoms with van der Waals surface area (Å²) in [5.41, 5.74) is 3.08. The lowest BCUT2D eigenvalue weighted by Crippen LogP contribution is -2.29. The van der Waals surface area contributed by atoms with E-state index in [4.69, 9.17) is 9.72 Å². The molecule has 31 heavy (non-hydrogen) atoms. The van der Waals surface area contributed by atoms with E-state index in [0.29, 0.717) is 24.1 Å². The van der Waals surface area contributed by atoms with Crippen LogP contribution in [0.15, 0.2) is 42.5 Å². The molecule has 0 spiro atoms. The molecule has 4 rings (SSSR count). The fraction of sp³-hybridized carbons (Fsp3) is 0.440. The Morgan fingerprint density at radius 1 is 1.23 bits per heavy atom. The first-order valence-electron chi connectivity index (χ1n) is 11.0. The van der Waals surface area contributed by atoms with Crippen molar-refractivity contribution in [3.8, 4) is 5.75 Å². The largest absolute Gasteiger partial charge is 0.494 e. The number of aromatic nitrogens is 2. The van der Waals surface area contributed by atoms with Gasteiger partial charge in [0.25, 0.3) is 0 Å². The summed E-state index contributed by atoms with van der Waals surface area (Å²) in [7, 11) is 0. The van der Waals surface area contributed by atoms with Crippen molar-refractivity contribution in [2.75, 3.05) is 11.9 Å². The fourth-order valence-electron chi connectivity index (χ4n) is 5.11. The maximum absolute atomic E-state index is 11.5. The monoisotopic (exact) mass is 421 g/mol. The van der Waals surface area contributed by atoms with Crippen LogP contribution in [0.3, 0.4) is 0 Å². The number of rotatable bonds is 6. The van der Waals surface area contributed by atoms with Gasteiger partial charge < -0.3 is 19.7 Å². The zero-order valence-corrected chi connectivity index (χ0v) is 18.7.